The maximum absolute atomic E-state index is 11.7. The molecule has 1 unspecified atom stereocenters. The second-order valence-corrected chi connectivity index (χ2v) is 5.02. The Labute approximate surface area is 107 Å². The molecular weight excluding hydrogens is 215 g/mol. The number of ether oxygens (including phenoxy) is 1. The van der Waals surface area contributed by atoms with Crippen LogP contribution in [0, 0.1) is 5.92 Å². The number of halogens is 1. The van der Waals surface area contributed by atoms with E-state index in [2.05, 4.69) is 13.8 Å². The lowest BCUT2D eigenvalue weighted by atomic mass is 9.91. The topological polar surface area (TPSA) is 9.23 Å². The Morgan fingerprint density at radius 1 is 0.824 bits per heavy atom. The van der Waals surface area contributed by atoms with E-state index in [0.29, 0.717) is 6.61 Å². The van der Waals surface area contributed by atoms with Crippen molar-refractivity contribution in [2.45, 2.75) is 78.1 Å². The summed E-state index contributed by atoms with van der Waals surface area (Å²) in [4.78, 5) is 0. The molecule has 0 aromatic carbocycles. The SMILES string of the molecule is CCCCCC(CCC)CCCCCOCF. The summed E-state index contributed by atoms with van der Waals surface area (Å²) >= 11 is 0. The lowest BCUT2D eigenvalue weighted by Gasteiger charge is -2.15. The van der Waals surface area contributed by atoms with E-state index in [9.17, 15) is 4.39 Å². The van der Waals surface area contributed by atoms with Crippen molar-refractivity contribution in [1.82, 2.24) is 0 Å². The van der Waals surface area contributed by atoms with E-state index in [1.165, 1.54) is 57.8 Å². The first-order chi connectivity index (χ1) is 8.35. The van der Waals surface area contributed by atoms with Gasteiger partial charge < -0.3 is 4.74 Å². The third kappa shape index (κ3) is 12.1. The third-order valence-electron chi connectivity index (χ3n) is 3.39. The average Bonchev–Trinajstić information content (AvgIpc) is 2.34. The smallest absolute Gasteiger partial charge is 0.188 e. The van der Waals surface area contributed by atoms with Gasteiger partial charge in [-0.1, -0.05) is 71.6 Å². The molecule has 0 N–H and O–H groups in total. The Kier molecular flexibility index (Phi) is 13.9. The largest absolute Gasteiger partial charge is 0.350 e. The van der Waals surface area contributed by atoms with Crippen molar-refractivity contribution in [3.63, 3.8) is 0 Å². The first-order valence-electron chi connectivity index (χ1n) is 7.48. The van der Waals surface area contributed by atoms with Gasteiger partial charge in [0.1, 0.15) is 0 Å². The Bertz CT molecular complexity index is 139. The molecule has 0 aromatic heterocycles. The molecule has 0 rings (SSSR count). The zero-order valence-electron chi connectivity index (χ0n) is 11.8. The van der Waals surface area contributed by atoms with Crippen molar-refractivity contribution in [2.75, 3.05) is 13.5 Å². The molecule has 0 spiro atoms. The quantitative estimate of drug-likeness (QED) is 0.391. The maximum atomic E-state index is 11.7. The molecule has 17 heavy (non-hydrogen) atoms. The summed E-state index contributed by atoms with van der Waals surface area (Å²) in [7, 11) is 0. The van der Waals surface area contributed by atoms with Crippen molar-refractivity contribution in [1.29, 1.82) is 0 Å². The van der Waals surface area contributed by atoms with Crippen LogP contribution in [0.4, 0.5) is 4.39 Å². The minimum absolute atomic E-state index is 0.588. The van der Waals surface area contributed by atoms with Gasteiger partial charge in [-0.05, 0) is 12.3 Å². The molecule has 0 saturated carbocycles. The van der Waals surface area contributed by atoms with Crippen LogP contribution in [0.5, 0.6) is 0 Å². The third-order valence-corrected chi connectivity index (χ3v) is 3.39. The van der Waals surface area contributed by atoms with E-state index in [-0.39, 0.29) is 0 Å². The molecule has 0 bridgehead atoms. The average molecular weight is 246 g/mol. The van der Waals surface area contributed by atoms with Gasteiger partial charge in [-0.3, -0.25) is 0 Å². The summed E-state index contributed by atoms with van der Waals surface area (Å²) in [5.74, 6) is 0.925. The molecule has 1 atom stereocenters. The highest BCUT2D eigenvalue weighted by molar-refractivity contribution is 4.60. The van der Waals surface area contributed by atoms with E-state index in [1.807, 2.05) is 0 Å². The fourth-order valence-corrected chi connectivity index (χ4v) is 2.39. The van der Waals surface area contributed by atoms with Gasteiger partial charge in [0, 0.05) is 6.61 Å². The predicted molar refractivity (Wildman–Crippen MR) is 72.9 cm³/mol. The Morgan fingerprint density at radius 2 is 1.53 bits per heavy atom. The minimum Gasteiger partial charge on any atom is -0.350 e. The monoisotopic (exact) mass is 246 g/mol. The van der Waals surface area contributed by atoms with Gasteiger partial charge in [0.2, 0.25) is 0 Å². The number of alkyl halides is 1. The van der Waals surface area contributed by atoms with E-state index >= 15 is 0 Å². The zero-order chi connectivity index (χ0) is 12.8. The summed E-state index contributed by atoms with van der Waals surface area (Å²) in [5, 5.41) is 0. The molecule has 0 aliphatic rings. The number of unbranched alkanes of at least 4 members (excludes halogenated alkanes) is 4. The Morgan fingerprint density at radius 3 is 2.12 bits per heavy atom. The fourth-order valence-electron chi connectivity index (χ4n) is 2.39. The minimum atomic E-state index is -0.629. The molecule has 2 heteroatoms. The van der Waals surface area contributed by atoms with Gasteiger partial charge in [-0.2, -0.15) is 0 Å². The standard InChI is InChI=1S/C15H31FO/c1-3-5-7-11-15(10-4-2)12-8-6-9-13-17-14-16/h15H,3-14H2,1-2H3. The van der Waals surface area contributed by atoms with Crippen molar-refractivity contribution in [2.24, 2.45) is 5.92 Å². The highest BCUT2D eigenvalue weighted by atomic mass is 19.1. The molecule has 0 radical (unpaired) electrons. The Hall–Kier alpha value is -0.110. The molecule has 0 aliphatic heterocycles. The van der Waals surface area contributed by atoms with Crippen molar-refractivity contribution < 1.29 is 9.13 Å². The summed E-state index contributed by atoms with van der Waals surface area (Å²) in [6.07, 6.45) is 13.0. The molecule has 0 fully saturated rings. The van der Waals surface area contributed by atoms with Gasteiger partial charge in [-0.15, -0.1) is 0 Å². The van der Waals surface area contributed by atoms with Crippen LogP contribution in [0.3, 0.4) is 0 Å². The van der Waals surface area contributed by atoms with E-state index in [1.54, 1.807) is 0 Å². The van der Waals surface area contributed by atoms with Gasteiger partial charge in [0.15, 0.2) is 6.86 Å². The summed E-state index contributed by atoms with van der Waals surface area (Å²) in [5.41, 5.74) is 0. The highest BCUT2D eigenvalue weighted by Gasteiger charge is 2.06. The number of rotatable bonds is 13. The normalized spacial score (nSPS) is 12.9. The second kappa shape index (κ2) is 14.0. The van der Waals surface area contributed by atoms with Crippen LogP contribution >= 0.6 is 0 Å². The molecule has 104 valence electrons. The van der Waals surface area contributed by atoms with E-state index in [4.69, 9.17) is 4.74 Å². The molecule has 0 aliphatic carbocycles. The lowest BCUT2D eigenvalue weighted by Crippen LogP contribution is -2.01. The molecule has 0 saturated heterocycles. The van der Waals surface area contributed by atoms with Gasteiger partial charge in [0.25, 0.3) is 0 Å². The highest BCUT2D eigenvalue weighted by Crippen LogP contribution is 2.22. The van der Waals surface area contributed by atoms with Crippen molar-refractivity contribution in [3.05, 3.63) is 0 Å². The molecule has 0 amide bonds. The summed E-state index contributed by atoms with van der Waals surface area (Å²) in [6, 6.07) is 0. The number of hydrogen-bond acceptors (Lipinski definition) is 1. The van der Waals surface area contributed by atoms with E-state index in [0.717, 1.165) is 12.3 Å². The van der Waals surface area contributed by atoms with E-state index < -0.39 is 6.86 Å². The first kappa shape index (κ1) is 16.9. The van der Waals surface area contributed by atoms with Crippen LogP contribution in [0.1, 0.15) is 78.1 Å². The molecule has 0 heterocycles. The molecular formula is C15H31FO. The van der Waals surface area contributed by atoms with Crippen LogP contribution < -0.4 is 0 Å². The summed E-state index contributed by atoms with van der Waals surface area (Å²) < 4.78 is 16.4. The van der Waals surface area contributed by atoms with Gasteiger partial charge >= 0.3 is 0 Å². The molecule has 1 nitrogen and oxygen atoms in total. The van der Waals surface area contributed by atoms with Crippen LogP contribution in [0.15, 0.2) is 0 Å². The van der Waals surface area contributed by atoms with Gasteiger partial charge in [-0.25, -0.2) is 4.39 Å². The van der Waals surface area contributed by atoms with Crippen molar-refractivity contribution in [3.8, 4) is 0 Å². The predicted octanol–water partition coefficient (Wildman–Crippen LogP) is 5.49. The number of hydrogen-bond donors (Lipinski definition) is 0. The summed E-state index contributed by atoms with van der Waals surface area (Å²) in [6.45, 7) is 4.50. The Balaban J connectivity index is 3.41. The van der Waals surface area contributed by atoms with Gasteiger partial charge in [0.05, 0.1) is 0 Å². The first-order valence-corrected chi connectivity index (χ1v) is 7.48. The maximum Gasteiger partial charge on any atom is 0.188 e. The zero-order valence-corrected chi connectivity index (χ0v) is 11.8. The van der Waals surface area contributed by atoms with Crippen LogP contribution in [-0.4, -0.2) is 13.5 Å². The van der Waals surface area contributed by atoms with Crippen molar-refractivity contribution >= 4 is 0 Å². The fraction of sp³-hybridized carbons (Fsp3) is 1.00. The van der Waals surface area contributed by atoms with Crippen LogP contribution in [0.25, 0.3) is 0 Å². The second-order valence-electron chi connectivity index (χ2n) is 5.02. The molecule has 0 aromatic rings. The van der Waals surface area contributed by atoms with Crippen LogP contribution in [0.2, 0.25) is 0 Å². The lowest BCUT2D eigenvalue weighted by molar-refractivity contribution is 0.0553. The van der Waals surface area contributed by atoms with Crippen LogP contribution in [-0.2, 0) is 4.74 Å².